The highest BCUT2D eigenvalue weighted by Gasteiger charge is 2.18. The van der Waals surface area contributed by atoms with E-state index in [4.69, 9.17) is 28.9 Å². The minimum absolute atomic E-state index is 0.179. The Hall–Kier alpha value is -1.48. The number of rotatable bonds is 4. The highest BCUT2D eigenvalue weighted by atomic mass is 35.5. The Morgan fingerprint density at radius 1 is 1.00 bits per heavy atom. The van der Waals surface area contributed by atoms with Gasteiger partial charge in [-0.25, -0.2) is 0 Å². The number of hydrogen-bond acceptors (Lipinski definition) is 1. The summed E-state index contributed by atoms with van der Waals surface area (Å²) in [5.74, 6) is 0.179. The van der Waals surface area contributed by atoms with E-state index >= 15 is 0 Å². The molecular weight excluding hydrogens is 303 g/mol. The maximum absolute atomic E-state index is 6.28. The van der Waals surface area contributed by atoms with Crippen molar-refractivity contribution < 1.29 is 0 Å². The Bertz CT molecular complexity index is 744. The van der Waals surface area contributed by atoms with Crippen LogP contribution in [0.1, 0.15) is 17.0 Å². The predicted octanol–water partition coefficient (Wildman–Crippen LogP) is 4.76. The van der Waals surface area contributed by atoms with E-state index in [2.05, 4.69) is 17.1 Å². The van der Waals surface area contributed by atoms with Crippen LogP contribution in [-0.2, 0) is 6.42 Å². The van der Waals surface area contributed by atoms with Gasteiger partial charge in [-0.05, 0) is 42.3 Å². The fourth-order valence-corrected chi connectivity index (χ4v) is 3.28. The van der Waals surface area contributed by atoms with Crippen molar-refractivity contribution in [3.63, 3.8) is 0 Å². The van der Waals surface area contributed by atoms with Gasteiger partial charge in [-0.1, -0.05) is 47.5 Å². The fraction of sp³-hybridized carbons (Fsp3) is 0.176. The number of aromatic amines is 1. The van der Waals surface area contributed by atoms with Crippen molar-refractivity contribution in [1.29, 1.82) is 0 Å². The quantitative estimate of drug-likeness (QED) is 0.715. The summed E-state index contributed by atoms with van der Waals surface area (Å²) in [7, 11) is 0. The predicted molar refractivity (Wildman–Crippen MR) is 90.3 cm³/mol. The Morgan fingerprint density at radius 3 is 2.43 bits per heavy atom. The van der Waals surface area contributed by atoms with Crippen molar-refractivity contribution in [1.82, 2.24) is 4.98 Å². The third-order valence-electron chi connectivity index (χ3n) is 3.86. The molecule has 3 aromatic rings. The number of para-hydroxylation sites is 1. The number of nitrogens with two attached hydrogens (primary N) is 1. The van der Waals surface area contributed by atoms with Gasteiger partial charge in [-0.2, -0.15) is 0 Å². The van der Waals surface area contributed by atoms with Crippen LogP contribution in [-0.4, -0.2) is 11.5 Å². The number of nitrogens with one attached hydrogen (secondary N) is 1. The average Bonchev–Trinajstić information content (AvgIpc) is 2.91. The van der Waals surface area contributed by atoms with Crippen molar-refractivity contribution >= 4 is 34.1 Å². The molecule has 1 atom stereocenters. The molecule has 0 radical (unpaired) electrons. The zero-order valence-electron chi connectivity index (χ0n) is 11.4. The molecule has 21 heavy (non-hydrogen) atoms. The molecule has 1 unspecified atom stereocenters. The molecular formula is C17H16Cl2N2. The van der Waals surface area contributed by atoms with E-state index in [-0.39, 0.29) is 5.92 Å². The van der Waals surface area contributed by atoms with E-state index < -0.39 is 0 Å². The summed E-state index contributed by atoms with van der Waals surface area (Å²) in [5.41, 5.74) is 9.30. The molecule has 0 fully saturated rings. The minimum Gasteiger partial charge on any atom is -0.361 e. The molecule has 108 valence electrons. The van der Waals surface area contributed by atoms with Crippen LogP contribution in [0.2, 0.25) is 10.0 Å². The highest BCUT2D eigenvalue weighted by molar-refractivity contribution is 6.36. The van der Waals surface area contributed by atoms with Crippen molar-refractivity contribution in [3.05, 3.63) is 69.8 Å². The lowest BCUT2D eigenvalue weighted by Gasteiger charge is -2.16. The first-order chi connectivity index (χ1) is 10.2. The van der Waals surface area contributed by atoms with E-state index in [0.29, 0.717) is 16.6 Å². The second-order valence-corrected chi connectivity index (χ2v) is 5.94. The first kappa shape index (κ1) is 14.5. The van der Waals surface area contributed by atoms with Gasteiger partial charge < -0.3 is 10.7 Å². The maximum Gasteiger partial charge on any atom is 0.0456 e. The highest BCUT2D eigenvalue weighted by Crippen LogP contribution is 2.32. The second kappa shape index (κ2) is 6.10. The van der Waals surface area contributed by atoms with E-state index in [9.17, 15) is 0 Å². The monoisotopic (exact) mass is 318 g/mol. The van der Waals surface area contributed by atoms with Crippen LogP contribution >= 0.6 is 23.2 Å². The van der Waals surface area contributed by atoms with Gasteiger partial charge in [0, 0.05) is 33.1 Å². The summed E-state index contributed by atoms with van der Waals surface area (Å²) < 4.78 is 0. The van der Waals surface area contributed by atoms with Crippen molar-refractivity contribution in [3.8, 4) is 0 Å². The fourth-order valence-electron chi connectivity index (χ4n) is 2.73. The van der Waals surface area contributed by atoms with Crippen LogP contribution in [0.25, 0.3) is 10.9 Å². The molecule has 0 amide bonds. The van der Waals surface area contributed by atoms with Gasteiger partial charge in [0.2, 0.25) is 0 Å². The Labute approximate surface area is 133 Å². The molecule has 0 spiro atoms. The average molecular weight is 319 g/mol. The molecule has 0 saturated carbocycles. The molecule has 1 heterocycles. The molecule has 3 N–H and O–H groups in total. The molecule has 1 aromatic heterocycles. The molecule has 0 bridgehead atoms. The number of halogens is 2. The number of H-pyrrole nitrogens is 1. The first-order valence-electron chi connectivity index (χ1n) is 6.89. The lowest BCUT2D eigenvalue weighted by molar-refractivity contribution is 0.700. The maximum atomic E-state index is 6.28. The zero-order valence-corrected chi connectivity index (χ0v) is 13.0. The molecule has 4 heteroatoms. The van der Waals surface area contributed by atoms with Crippen LogP contribution in [0.15, 0.2) is 48.7 Å². The molecule has 0 saturated heterocycles. The Kier molecular flexibility index (Phi) is 4.20. The van der Waals surface area contributed by atoms with Crippen molar-refractivity contribution in [2.45, 2.75) is 12.3 Å². The third kappa shape index (κ3) is 2.80. The molecule has 2 nitrogen and oxygen atoms in total. The first-order valence-corrected chi connectivity index (χ1v) is 7.65. The minimum atomic E-state index is 0.179. The van der Waals surface area contributed by atoms with Crippen LogP contribution in [0.4, 0.5) is 0 Å². The zero-order chi connectivity index (χ0) is 14.8. The molecule has 3 rings (SSSR count). The lowest BCUT2D eigenvalue weighted by Crippen LogP contribution is -2.15. The number of aromatic nitrogens is 1. The summed E-state index contributed by atoms with van der Waals surface area (Å²) >= 11 is 12.6. The lowest BCUT2D eigenvalue weighted by atomic mass is 9.91. The summed E-state index contributed by atoms with van der Waals surface area (Å²) in [6.07, 6.45) is 2.77. The Balaban J connectivity index is 1.99. The number of fused-ring (bicyclic) bond motifs is 1. The number of hydrogen-bond donors (Lipinski definition) is 2. The van der Waals surface area contributed by atoms with Crippen LogP contribution < -0.4 is 5.73 Å². The van der Waals surface area contributed by atoms with Crippen molar-refractivity contribution in [2.24, 2.45) is 5.73 Å². The topological polar surface area (TPSA) is 41.8 Å². The summed E-state index contributed by atoms with van der Waals surface area (Å²) in [5, 5.41) is 2.60. The second-order valence-electron chi connectivity index (χ2n) is 5.13. The molecule has 0 aliphatic carbocycles. The van der Waals surface area contributed by atoms with Crippen LogP contribution in [0.3, 0.4) is 0 Å². The smallest absolute Gasteiger partial charge is 0.0456 e. The van der Waals surface area contributed by atoms with Gasteiger partial charge in [-0.15, -0.1) is 0 Å². The number of benzene rings is 2. The van der Waals surface area contributed by atoms with E-state index in [1.54, 1.807) is 0 Å². The molecule has 0 aliphatic rings. The third-order valence-corrected chi connectivity index (χ3v) is 4.57. The largest absolute Gasteiger partial charge is 0.361 e. The standard InChI is InChI=1S/C17H16Cl2N2/c18-15-5-3-6-16(19)13(15)8-11(9-20)14-10-21-17-7-2-1-4-12(14)17/h1-7,10-11,21H,8-9,20H2. The molecule has 0 aliphatic heterocycles. The van der Waals surface area contributed by atoms with Gasteiger partial charge in [-0.3, -0.25) is 0 Å². The van der Waals surface area contributed by atoms with Gasteiger partial charge in [0.1, 0.15) is 0 Å². The van der Waals surface area contributed by atoms with E-state index in [0.717, 1.165) is 17.5 Å². The van der Waals surface area contributed by atoms with Crippen LogP contribution in [0, 0.1) is 0 Å². The van der Waals surface area contributed by atoms with Gasteiger partial charge >= 0.3 is 0 Å². The van der Waals surface area contributed by atoms with Gasteiger partial charge in [0.05, 0.1) is 0 Å². The summed E-state index contributed by atoms with van der Waals surface area (Å²) in [6, 6.07) is 13.8. The van der Waals surface area contributed by atoms with E-state index in [1.165, 1.54) is 10.9 Å². The van der Waals surface area contributed by atoms with Gasteiger partial charge in [0.15, 0.2) is 0 Å². The van der Waals surface area contributed by atoms with Crippen LogP contribution in [0.5, 0.6) is 0 Å². The molecule has 2 aromatic carbocycles. The van der Waals surface area contributed by atoms with Gasteiger partial charge in [0.25, 0.3) is 0 Å². The van der Waals surface area contributed by atoms with Crippen molar-refractivity contribution in [2.75, 3.05) is 6.54 Å². The summed E-state index contributed by atoms with van der Waals surface area (Å²) in [4.78, 5) is 3.30. The normalized spacial score (nSPS) is 12.7. The van der Waals surface area contributed by atoms with E-state index in [1.807, 2.05) is 36.5 Å². The summed E-state index contributed by atoms with van der Waals surface area (Å²) in [6.45, 7) is 0.545. The Morgan fingerprint density at radius 2 is 1.71 bits per heavy atom. The SMILES string of the molecule is NCC(Cc1c(Cl)cccc1Cl)c1c[nH]c2ccccc12.